The van der Waals surface area contributed by atoms with E-state index in [0.29, 0.717) is 24.3 Å². The van der Waals surface area contributed by atoms with Crippen LogP contribution in [0.2, 0.25) is 0 Å². The van der Waals surface area contributed by atoms with E-state index in [0.717, 1.165) is 38.6 Å². The van der Waals surface area contributed by atoms with Crippen LogP contribution in [0.5, 0.6) is 0 Å². The number of hydrogen-bond donors (Lipinski definition) is 2. The Morgan fingerprint density at radius 2 is 1.95 bits per heavy atom. The van der Waals surface area contributed by atoms with Crippen LogP contribution in [0.4, 0.5) is 0 Å². The molecule has 1 saturated heterocycles. The number of nitrogens with zero attached hydrogens (tertiary/aromatic N) is 1. The number of ether oxygens (including phenoxy) is 1. The average Bonchev–Trinajstić information content (AvgIpc) is 2.95. The van der Waals surface area contributed by atoms with E-state index in [9.17, 15) is 0 Å². The predicted octanol–water partition coefficient (Wildman–Crippen LogP) is 1.61. The first-order chi connectivity index (χ1) is 10.2. The van der Waals surface area contributed by atoms with Crippen LogP contribution in [0, 0.1) is 5.92 Å². The average molecular weight is 296 g/mol. The highest BCUT2D eigenvalue weighted by molar-refractivity contribution is 5.06. The van der Waals surface area contributed by atoms with E-state index in [-0.39, 0.29) is 6.61 Å². The molecule has 0 spiro atoms. The third-order valence-corrected chi connectivity index (χ3v) is 3.86. The van der Waals surface area contributed by atoms with Gasteiger partial charge in [-0.05, 0) is 24.5 Å². The number of aliphatic hydroxyl groups is 1. The molecule has 1 aliphatic heterocycles. The number of morpholine rings is 1. The molecule has 120 valence electrons. The Labute approximate surface area is 127 Å². The molecule has 0 radical (unpaired) electrons. The molecule has 1 unspecified atom stereocenters. The number of furan rings is 1. The van der Waals surface area contributed by atoms with Gasteiger partial charge in [0.2, 0.25) is 0 Å². The Morgan fingerprint density at radius 3 is 2.57 bits per heavy atom. The Kier molecular flexibility index (Phi) is 6.70. The van der Waals surface area contributed by atoms with Crippen LogP contribution in [0.25, 0.3) is 0 Å². The fourth-order valence-corrected chi connectivity index (χ4v) is 2.81. The minimum atomic E-state index is -0.0379. The fourth-order valence-electron chi connectivity index (χ4n) is 2.81. The summed E-state index contributed by atoms with van der Waals surface area (Å²) in [6.45, 7) is 9.89. The highest BCUT2D eigenvalue weighted by Crippen LogP contribution is 2.13. The molecule has 21 heavy (non-hydrogen) atoms. The number of nitrogens with one attached hydrogen (secondary N) is 1. The molecular formula is C16H28N2O3. The molecule has 5 heteroatoms. The van der Waals surface area contributed by atoms with Crippen molar-refractivity contribution < 1.29 is 14.3 Å². The summed E-state index contributed by atoms with van der Waals surface area (Å²) in [5.74, 6) is 2.19. The van der Waals surface area contributed by atoms with Crippen LogP contribution in [0.3, 0.4) is 0 Å². The van der Waals surface area contributed by atoms with E-state index in [1.54, 1.807) is 0 Å². The summed E-state index contributed by atoms with van der Waals surface area (Å²) in [7, 11) is 0. The van der Waals surface area contributed by atoms with Gasteiger partial charge in [-0.3, -0.25) is 4.90 Å². The van der Waals surface area contributed by atoms with Crippen LogP contribution in [-0.2, 0) is 17.9 Å². The van der Waals surface area contributed by atoms with E-state index in [2.05, 4.69) is 24.1 Å². The van der Waals surface area contributed by atoms with Crippen molar-refractivity contribution >= 4 is 0 Å². The Balaban J connectivity index is 1.80. The van der Waals surface area contributed by atoms with Gasteiger partial charge in [0.1, 0.15) is 18.1 Å². The van der Waals surface area contributed by atoms with Crippen molar-refractivity contribution in [3.63, 3.8) is 0 Å². The summed E-state index contributed by atoms with van der Waals surface area (Å²) < 4.78 is 10.9. The quantitative estimate of drug-likeness (QED) is 0.763. The molecule has 0 aromatic carbocycles. The van der Waals surface area contributed by atoms with E-state index >= 15 is 0 Å². The minimum Gasteiger partial charge on any atom is -0.462 e. The van der Waals surface area contributed by atoms with E-state index in [4.69, 9.17) is 14.3 Å². The van der Waals surface area contributed by atoms with Crippen molar-refractivity contribution in [2.24, 2.45) is 5.92 Å². The smallest absolute Gasteiger partial charge is 0.129 e. The zero-order valence-electron chi connectivity index (χ0n) is 13.2. The van der Waals surface area contributed by atoms with E-state index in [1.807, 2.05) is 12.1 Å². The summed E-state index contributed by atoms with van der Waals surface area (Å²) in [4.78, 5) is 2.53. The highest BCUT2D eigenvalue weighted by Gasteiger charge is 2.21. The third kappa shape index (κ3) is 5.43. The fraction of sp³-hybridized carbons (Fsp3) is 0.750. The van der Waals surface area contributed by atoms with Crippen LogP contribution in [0.1, 0.15) is 31.8 Å². The van der Waals surface area contributed by atoms with Crippen molar-refractivity contribution in [1.82, 2.24) is 10.2 Å². The molecule has 0 amide bonds. The monoisotopic (exact) mass is 296 g/mol. The van der Waals surface area contributed by atoms with Crippen molar-refractivity contribution in [3.8, 4) is 0 Å². The zero-order chi connectivity index (χ0) is 15.1. The van der Waals surface area contributed by atoms with Gasteiger partial charge in [-0.25, -0.2) is 0 Å². The summed E-state index contributed by atoms with van der Waals surface area (Å²) >= 11 is 0. The largest absolute Gasteiger partial charge is 0.462 e. The second-order valence-corrected chi connectivity index (χ2v) is 6.09. The summed E-state index contributed by atoms with van der Waals surface area (Å²) in [5.41, 5.74) is 0. The summed E-state index contributed by atoms with van der Waals surface area (Å²) in [6.07, 6.45) is 1.19. The van der Waals surface area contributed by atoms with Gasteiger partial charge in [-0.15, -0.1) is 0 Å². The second-order valence-electron chi connectivity index (χ2n) is 6.09. The predicted molar refractivity (Wildman–Crippen MR) is 82.0 cm³/mol. The van der Waals surface area contributed by atoms with E-state index in [1.165, 1.54) is 6.42 Å². The number of rotatable bonds is 8. The Morgan fingerprint density at radius 1 is 1.24 bits per heavy atom. The lowest BCUT2D eigenvalue weighted by atomic mass is 10.0. The molecule has 1 aliphatic rings. The molecule has 1 atom stereocenters. The van der Waals surface area contributed by atoms with Gasteiger partial charge in [0.05, 0.1) is 19.8 Å². The van der Waals surface area contributed by atoms with Crippen molar-refractivity contribution in [3.05, 3.63) is 23.7 Å². The summed E-state index contributed by atoms with van der Waals surface area (Å²) in [6, 6.07) is 4.29. The van der Waals surface area contributed by atoms with Gasteiger partial charge in [0, 0.05) is 25.7 Å². The van der Waals surface area contributed by atoms with Gasteiger partial charge in [0.15, 0.2) is 0 Å². The standard InChI is InChI=1S/C16H28N2O3/c1-13(2)9-14(18-5-7-20-8-6-18)10-17-11-15-3-4-16(12-19)21-15/h3-4,13-14,17,19H,5-12H2,1-2H3. The van der Waals surface area contributed by atoms with Gasteiger partial charge in [0.25, 0.3) is 0 Å². The number of hydrogen-bond acceptors (Lipinski definition) is 5. The number of aliphatic hydroxyl groups excluding tert-OH is 1. The molecule has 2 heterocycles. The van der Waals surface area contributed by atoms with Crippen molar-refractivity contribution in [1.29, 1.82) is 0 Å². The van der Waals surface area contributed by atoms with E-state index < -0.39 is 0 Å². The Hall–Kier alpha value is -0.880. The Bertz CT molecular complexity index is 400. The van der Waals surface area contributed by atoms with Gasteiger partial charge < -0.3 is 19.6 Å². The van der Waals surface area contributed by atoms with Crippen LogP contribution in [-0.4, -0.2) is 48.9 Å². The zero-order valence-corrected chi connectivity index (χ0v) is 13.2. The minimum absolute atomic E-state index is 0.0379. The first-order valence-electron chi connectivity index (χ1n) is 7.90. The molecule has 0 aliphatic carbocycles. The first-order valence-corrected chi connectivity index (χ1v) is 7.90. The molecule has 0 bridgehead atoms. The second kappa shape index (κ2) is 8.54. The molecular weight excluding hydrogens is 268 g/mol. The normalized spacial score (nSPS) is 18.3. The maximum absolute atomic E-state index is 9.00. The molecule has 1 aromatic rings. The molecule has 2 N–H and O–H groups in total. The van der Waals surface area contributed by atoms with Gasteiger partial charge in [-0.1, -0.05) is 13.8 Å². The lowest BCUT2D eigenvalue weighted by Gasteiger charge is -2.35. The highest BCUT2D eigenvalue weighted by atomic mass is 16.5. The SMILES string of the molecule is CC(C)CC(CNCc1ccc(CO)o1)N1CCOCC1. The molecule has 5 nitrogen and oxygen atoms in total. The van der Waals surface area contributed by atoms with Crippen LogP contribution >= 0.6 is 0 Å². The van der Waals surface area contributed by atoms with Crippen LogP contribution < -0.4 is 5.32 Å². The maximum Gasteiger partial charge on any atom is 0.129 e. The van der Waals surface area contributed by atoms with Gasteiger partial charge in [-0.2, -0.15) is 0 Å². The third-order valence-electron chi connectivity index (χ3n) is 3.86. The molecule has 1 aromatic heterocycles. The first kappa shape index (κ1) is 16.5. The van der Waals surface area contributed by atoms with Crippen molar-refractivity contribution in [2.75, 3.05) is 32.8 Å². The molecule has 2 rings (SSSR count). The van der Waals surface area contributed by atoms with Crippen LogP contribution in [0.15, 0.2) is 16.5 Å². The maximum atomic E-state index is 9.00. The van der Waals surface area contributed by atoms with Gasteiger partial charge >= 0.3 is 0 Å². The van der Waals surface area contributed by atoms with Crippen molar-refractivity contribution in [2.45, 2.75) is 39.5 Å². The lowest BCUT2D eigenvalue weighted by molar-refractivity contribution is 0.0122. The molecule has 1 fully saturated rings. The molecule has 0 saturated carbocycles. The lowest BCUT2D eigenvalue weighted by Crippen LogP contribution is -2.48. The topological polar surface area (TPSA) is 57.9 Å². The summed E-state index contributed by atoms with van der Waals surface area (Å²) in [5, 5.41) is 12.5.